The largest absolute Gasteiger partial charge is 0.386 e. The van der Waals surface area contributed by atoms with Crippen molar-refractivity contribution < 1.29 is 0 Å². The highest BCUT2D eigenvalue weighted by molar-refractivity contribution is 4.94. The second kappa shape index (κ2) is 4.54. The fourth-order valence-electron chi connectivity index (χ4n) is 1.44. The first-order chi connectivity index (χ1) is 5.35. The summed E-state index contributed by atoms with van der Waals surface area (Å²) in [5.74, 6) is 0. The molecule has 1 heteroatoms. The molecule has 0 aliphatic rings. The van der Waals surface area contributed by atoms with Crippen molar-refractivity contribution >= 4 is 0 Å². The fourth-order valence-corrected chi connectivity index (χ4v) is 1.44. The van der Waals surface area contributed by atoms with Crippen LogP contribution in [0.3, 0.4) is 0 Å². The molecule has 0 rings (SSSR count). The van der Waals surface area contributed by atoms with Crippen LogP contribution in [0.2, 0.25) is 0 Å². The van der Waals surface area contributed by atoms with Gasteiger partial charge in [0.15, 0.2) is 0 Å². The van der Waals surface area contributed by atoms with Gasteiger partial charge < -0.3 is 5.32 Å². The van der Waals surface area contributed by atoms with Crippen LogP contribution in [0.5, 0.6) is 0 Å². The molecule has 0 fully saturated rings. The zero-order valence-electron chi connectivity index (χ0n) is 9.36. The van der Waals surface area contributed by atoms with E-state index in [0.29, 0.717) is 11.5 Å². The summed E-state index contributed by atoms with van der Waals surface area (Å²) < 4.78 is 0. The van der Waals surface area contributed by atoms with Crippen molar-refractivity contribution in [1.29, 1.82) is 0 Å². The van der Waals surface area contributed by atoms with E-state index in [4.69, 9.17) is 0 Å². The minimum Gasteiger partial charge on any atom is -0.386 e. The maximum atomic E-state index is 3.45. The molecule has 1 nitrogen and oxygen atoms in total. The Bertz CT molecular complexity index is 151. The number of hydrogen-bond acceptors (Lipinski definition) is 1. The third-order valence-corrected chi connectivity index (χ3v) is 1.83. The molecule has 0 aromatic rings. The van der Waals surface area contributed by atoms with E-state index in [1.807, 2.05) is 0 Å². The van der Waals surface area contributed by atoms with Crippen molar-refractivity contribution in [2.45, 2.75) is 54.0 Å². The smallest absolute Gasteiger partial charge is 0.0234 e. The second-order valence-electron chi connectivity index (χ2n) is 4.78. The molecule has 0 heterocycles. The Kier molecular flexibility index (Phi) is 4.36. The topological polar surface area (TPSA) is 12.0 Å². The van der Waals surface area contributed by atoms with Crippen molar-refractivity contribution in [3.05, 3.63) is 11.8 Å². The third kappa shape index (κ3) is 6.26. The molecule has 12 heavy (non-hydrogen) atoms. The fraction of sp³-hybridized carbons (Fsp3) is 0.818. The van der Waals surface area contributed by atoms with Crippen molar-refractivity contribution in [1.82, 2.24) is 5.32 Å². The Hall–Kier alpha value is -0.460. The average molecular weight is 169 g/mol. The van der Waals surface area contributed by atoms with Crippen LogP contribution in [0.25, 0.3) is 0 Å². The Morgan fingerprint density at radius 1 is 1.42 bits per heavy atom. The predicted octanol–water partition coefficient (Wildman–Crippen LogP) is 3.32. The molecular weight excluding hydrogens is 146 g/mol. The van der Waals surface area contributed by atoms with Crippen molar-refractivity contribution in [2.75, 3.05) is 0 Å². The molecule has 0 radical (unpaired) electrons. The molecular formula is C11H23N. The second-order valence-corrected chi connectivity index (χ2v) is 4.78. The van der Waals surface area contributed by atoms with Gasteiger partial charge in [0.1, 0.15) is 0 Å². The maximum absolute atomic E-state index is 3.45. The summed E-state index contributed by atoms with van der Waals surface area (Å²) in [4.78, 5) is 0. The highest BCUT2D eigenvalue weighted by Crippen LogP contribution is 2.20. The first kappa shape index (κ1) is 11.5. The summed E-state index contributed by atoms with van der Waals surface area (Å²) in [5, 5.41) is 3.45. The van der Waals surface area contributed by atoms with Crippen molar-refractivity contribution in [3.8, 4) is 0 Å². The van der Waals surface area contributed by atoms with Crippen LogP contribution in [0.1, 0.15) is 48.0 Å². The van der Waals surface area contributed by atoms with Crippen LogP contribution in [0.15, 0.2) is 11.8 Å². The molecule has 0 aliphatic heterocycles. The monoisotopic (exact) mass is 169 g/mol. The van der Waals surface area contributed by atoms with Gasteiger partial charge in [-0.2, -0.15) is 0 Å². The number of nitrogens with one attached hydrogen (secondary N) is 1. The van der Waals surface area contributed by atoms with E-state index in [1.165, 1.54) is 12.1 Å². The van der Waals surface area contributed by atoms with E-state index in [2.05, 4.69) is 52.9 Å². The summed E-state index contributed by atoms with van der Waals surface area (Å²) in [5.41, 5.74) is 1.69. The Morgan fingerprint density at radius 3 is 2.25 bits per heavy atom. The van der Waals surface area contributed by atoms with E-state index < -0.39 is 0 Å². The van der Waals surface area contributed by atoms with Gasteiger partial charge in [0.05, 0.1) is 0 Å². The zero-order valence-corrected chi connectivity index (χ0v) is 9.36. The molecule has 1 unspecified atom stereocenters. The summed E-state index contributed by atoms with van der Waals surface area (Å²) >= 11 is 0. The summed E-state index contributed by atoms with van der Waals surface area (Å²) in [6.45, 7) is 13.2. The number of allylic oxidation sites excluding steroid dienone is 2. The lowest BCUT2D eigenvalue weighted by Crippen LogP contribution is -2.28. The zero-order chi connectivity index (χ0) is 9.78. The molecule has 0 amide bonds. The Labute approximate surface area is 77.2 Å². The molecule has 0 aromatic heterocycles. The molecule has 1 N–H and O–H groups in total. The Balaban J connectivity index is 3.82. The first-order valence-electron chi connectivity index (χ1n) is 4.74. The molecule has 0 bridgehead atoms. The van der Waals surface area contributed by atoms with Gasteiger partial charge in [-0.15, -0.1) is 0 Å². The van der Waals surface area contributed by atoms with E-state index in [-0.39, 0.29) is 0 Å². The number of hydrogen-bond donors (Lipinski definition) is 1. The lowest BCUT2D eigenvalue weighted by molar-refractivity contribution is 0.330. The van der Waals surface area contributed by atoms with Gasteiger partial charge in [-0.3, -0.25) is 0 Å². The van der Waals surface area contributed by atoms with Gasteiger partial charge in [-0.05, 0) is 32.6 Å². The van der Waals surface area contributed by atoms with Crippen LogP contribution < -0.4 is 5.32 Å². The normalized spacial score (nSPS) is 16.0. The summed E-state index contributed by atoms with van der Waals surface area (Å²) in [7, 11) is 0. The molecule has 0 spiro atoms. The van der Waals surface area contributed by atoms with Gasteiger partial charge in [0.2, 0.25) is 0 Å². The standard InChI is InChI=1S/C11H23N/c1-7-9(2)12-10(3)8-11(4,5)6/h7,10,12H,8H2,1-6H3. The molecule has 0 aromatic carbocycles. The molecule has 0 saturated heterocycles. The van der Waals surface area contributed by atoms with Crippen molar-refractivity contribution in [3.63, 3.8) is 0 Å². The SMILES string of the molecule is CC=C(C)NC(C)CC(C)(C)C. The highest BCUT2D eigenvalue weighted by Gasteiger charge is 2.14. The quantitative estimate of drug-likeness (QED) is 0.683. The summed E-state index contributed by atoms with van der Waals surface area (Å²) in [6.07, 6.45) is 3.32. The van der Waals surface area contributed by atoms with Crippen LogP contribution in [0, 0.1) is 5.41 Å². The summed E-state index contributed by atoms with van der Waals surface area (Å²) in [6, 6.07) is 0.571. The van der Waals surface area contributed by atoms with Gasteiger partial charge in [0, 0.05) is 11.7 Å². The van der Waals surface area contributed by atoms with E-state index in [9.17, 15) is 0 Å². The third-order valence-electron chi connectivity index (χ3n) is 1.83. The van der Waals surface area contributed by atoms with Gasteiger partial charge in [0.25, 0.3) is 0 Å². The lowest BCUT2D eigenvalue weighted by Gasteiger charge is -2.24. The minimum atomic E-state index is 0.417. The average Bonchev–Trinajstić information content (AvgIpc) is 1.82. The van der Waals surface area contributed by atoms with Gasteiger partial charge in [-0.25, -0.2) is 0 Å². The maximum Gasteiger partial charge on any atom is 0.0234 e. The van der Waals surface area contributed by atoms with Crippen LogP contribution in [-0.2, 0) is 0 Å². The molecule has 1 atom stereocenters. The molecule has 0 aliphatic carbocycles. The first-order valence-corrected chi connectivity index (χ1v) is 4.74. The number of rotatable bonds is 3. The predicted molar refractivity (Wildman–Crippen MR) is 56.1 cm³/mol. The highest BCUT2D eigenvalue weighted by atomic mass is 14.9. The van der Waals surface area contributed by atoms with Crippen LogP contribution >= 0.6 is 0 Å². The van der Waals surface area contributed by atoms with Crippen LogP contribution in [0.4, 0.5) is 0 Å². The van der Waals surface area contributed by atoms with Crippen LogP contribution in [-0.4, -0.2) is 6.04 Å². The van der Waals surface area contributed by atoms with E-state index >= 15 is 0 Å². The molecule has 72 valence electrons. The Morgan fingerprint density at radius 2 is 1.92 bits per heavy atom. The lowest BCUT2D eigenvalue weighted by atomic mass is 9.88. The van der Waals surface area contributed by atoms with Gasteiger partial charge >= 0.3 is 0 Å². The van der Waals surface area contributed by atoms with Gasteiger partial charge in [-0.1, -0.05) is 26.8 Å². The van der Waals surface area contributed by atoms with Crippen molar-refractivity contribution in [2.24, 2.45) is 5.41 Å². The van der Waals surface area contributed by atoms with E-state index in [0.717, 1.165) is 0 Å². The van der Waals surface area contributed by atoms with E-state index in [1.54, 1.807) is 0 Å². The molecule has 0 saturated carbocycles. The minimum absolute atomic E-state index is 0.417.